The number of hydrogen-bond acceptors (Lipinski definition) is 3. The van der Waals surface area contributed by atoms with Crippen LogP contribution < -0.4 is 16.0 Å². The van der Waals surface area contributed by atoms with Gasteiger partial charge in [0.15, 0.2) is 5.11 Å². The van der Waals surface area contributed by atoms with Crippen molar-refractivity contribution in [1.29, 1.82) is 0 Å². The second kappa shape index (κ2) is 7.76. The topological polar surface area (TPSA) is 70.2 Å². The van der Waals surface area contributed by atoms with Crippen molar-refractivity contribution in [2.24, 2.45) is 0 Å². The first kappa shape index (κ1) is 17.6. The number of amides is 2. The summed E-state index contributed by atoms with van der Waals surface area (Å²) in [5.74, 6) is -0.410. The van der Waals surface area contributed by atoms with Gasteiger partial charge in [-0.05, 0) is 59.4 Å². The van der Waals surface area contributed by atoms with E-state index in [1.54, 1.807) is 30.3 Å². The smallest absolute Gasteiger partial charge is 0.255 e. The summed E-state index contributed by atoms with van der Waals surface area (Å²) in [5, 5.41) is 10.6. The van der Waals surface area contributed by atoms with Gasteiger partial charge in [-0.25, -0.2) is 0 Å². The summed E-state index contributed by atoms with van der Waals surface area (Å²) < 4.78 is 0. The third kappa shape index (κ3) is 4.43. The van der Waals surface area contributed by atoms with Crippen LogP contribution in [-0.2, 0) is 4.79 Å². The molecule has 3 aromatic carbocycles. The Hall–Kier alpha value is -3.25. The minimum atomic E-state index is -0.234. The molecule has 3 N–H and O–H groups in total. The number of rotatable bonds is 3. The van der Waals surface area contributed by atoms with Gasteiger partial charge in [-0.1, -0.05) is 30.3 Å². The number of fused-ring (bicyclic) bond motifs is 1. The average Bonchev–Trinajstić information content (AvgIpc) is 2.62. The standard InChI is InChI=1S/C20H17N3O2S/c1-13(24)21-20(26)23-18-10-8-17(9-11-18)22-19(25)16-7-6-14-4-2-3-5-15(14)12-16/h2-12H,1H3,(H,22,25)(H2,21,23,24,26). The van der Waals surface area contributed by atoms with Crippen LogP contribution in [0.15, 0.2) is 66.7 Å². The van der Waals surface area contributed by atoms with Gasteiger partial charge in [0, 0.05) is 23.9 Å². The van der Waals surface area contributed by atoms with Gasteiger partial charge in [0.25, 0.3) is 5.91 Å². The van der Waals surface area contributed by atoms with E-state index in [1.807, 2.05) is 36.4 Å². The van der Waals surface area contributed by atoms with Crippen molar-refractivity contribution in [3.63, 3.8) is 0 Å². The highest BCUT2D eigenvalue weighted by atomic mass is 32.1. The van der Waals surface area contributed by atoms with Crippen LogP contribution in [0, 0.1) is 0 Å². The SMILES string of the molecule is CC(=O)NC(=S)Nc1ccc(NC(=O)c2ccc3ccccc3c2)cc1. The summed E-state index contributed by atoms with van der Waals surface area (Å²) in [6, 6.07) is 20.6. The molecule has 0 aliphatic heterocycles. The maximum absolute atomic E-state index is 12.4. The van der Waals surface area contributed by atoms with Gasteiger partial charge in [0.1, 0.15) is 0 Å². The van der Waals surface area contributed by atoms with Crippen molar-refractivity contribution < 1.29 is 9.59 Å². The van der Waals surface area contributed by atoms with E-state index in [1.165, 1.54) is 6.92 Å². The molecule has 0 radical (unpaired) electrons. The quantitative estimate of drug-likeness (QED) is 0.617. The van der Waals surface area contributed by atoms with E-state index < -0.39 is 0 Å². The summed E-state index contributed by atoms with van der Waals surface area (Å²) in [5.41, 5.74) is 1.98. The Morgan fingerprint density at radius 2 is 1.42 bits per heavy atom. The molecule has 5 nitrogen and oxygen atoms in total. The second-order valence-corrected chi connectivity index (χ2v) is 6.14. The number of anilines is 2. The van der Waals surface area contributed by atoms with E-state index in [0.29, 0.717) is 16.9 Å². The molecule has 0 fully saturated rings. The maximum Gasteiger partial charge on any atom is 0.255 e. The van der Waals surface area contributed by atoms with Crippen molar-refractivity contribution in [2.45, 2.75) is 6.92 Å². The molecule has 3 aromatic rings. The summed E-state index contributed by atoms with van der Waals surface area (Å²) in [7, 11) is 0. The fourth-order valence-corrected chi connectivity index (χ4v) is 2.75. The average molecular weight is 363 g/mol. The summed E-state index contributed by atoms with van der Waals surface area (Å²) in [4.78, 5) is 23.4. The molecule has 0 aromatic heterocycles. The van der Waals surface area contributed by atoms with Crippen LogP contribution in [0.2, 0.25) is 0 Å². The van der Waals surface area contributed by atoms with Gasteiger partial charge in [0.2, 0.25) is 5.91 Å². The predicted octanol–water partition coefficient (Wildman–Crippen LogP) is 3.93. The molecule has 0 saturated carbocycles. The molecule has 130 valence electrons. The zero-order valence-electron chi connectivity index (χ0n) is 14.1. The molecule has 2 amide bonds. The Morgan fingerprint density at radius 3 is 2.08 bits per heavy atom. The van der Waals surface area contributed by atoms with E-state index in [0.717, 1.165) is 10.8 Å². The lowest BCUT2D eigenvalue weighted by Crippen LogP contribution is -2.32. The summed E-state index contributed by atoms with van der Waals surface area (Å²) >= 11 is 5.00. The predicted molar refractivity (Wildman–Crippen MR) is 108 cm³/mol. The third-order valence-electron chi connectivity index (χ3n) is 3.70. The molecule has 0 aliphatic carbocycles. The van der Waals surface area contributed by atoms with Crippen LogP contribution >= 0.6 is 12.2 Å². The lowest BCUT2D eigenvalue weighted by atomic mass is 10.1. The van der Waals surface area contributed by atoms with Gasteiger partial charge in [-0.3, -0.25) is 9.59 Å². The van der Waals surface area contributed by atoms with Gasteiger partial charge in [-0.15, -0.1) is 0 Å². The number of nitrogens with one attached hydrogen (secondary N) is 3. The minimum absolute atomic E-state index is 0.176. The molecule has 3 rings (SSSR count). The van der Waals surface area contributed by atoms with Crippen LogP contribution in [0.1, 0.15) is 17.3 Å². The molecule has 0 heterocycles. The first-order valence-electron chi connectivity index (χ1n) is 8.00. The lowest BCUT2D eigenvalue weighted by Gasteiger charge is -2.10. The fourth-order valence-electron chi connectivity index (χ4n) is 2.49. The van der Waals surface area contributed by atoms with E-state index in [9.17, 15) is 9.59 Å². The highest BCUT2D eigenvalue weighted by Crippen LogP contribution is 2.18. The van der Waals surface area contributed by atoms with Gasteiger partial charge in [-0.2, -0.15) is 0 Å². The van der Waals surface area contributed by atoms with E-state index in [-0.39, 0.29) is 16.9 Å². The molecule has 0 aliphatic rings. The van der Waals surface area contributed by atoms with Crippen molar-refractivity contribution in [3.8, 4) is 0 Å². The van der Waals surface area contributed by atoms with Crippen LogP contribution in [0.5, 0.6) is 0 Å². The normalized spacial score (nSPS) is 10.2. The van der Waals surface area contributed by atoms with Gasteiger partial charge >= 0.3 is 0 Å². The molecule has 0 spiro atoms. The third-order valence-corrected chi connectivity index (χ3v) is 3.91. The molecule has 0 atom stereocenters. The number of thiocarbonyl (C=S) groups is 1. The highest BCUT2D eigenvalue weighted by molar-refractivity contribution is 7.80. The van der Waals surface area contributed by atoms with Crippen molar-refractivity contribution in [2.75, 3.05) is 10.6 Å². The number of carbonyl (C=O) groups is 2. The Balaban J connectivity index is 1.67. The number of carbonyl (C=O) groups excluding carboxylic acids is 2. The van der Waals surface area contributed by atoms with Crippen LogP contribution in [0.4, 0.5) is 11.4 Å². The Bertz CT molecular complexity index is 984. The first-order valence-corrected chi connectivity index (χ1v) is 8.41. The molecular weight excluding hydrogens is 346 g/mol. The monoisotopic (exact) mass is 363 g/mol. The zero-order chi connectivity index (χ0) is 18.5. The maximum atomic E-state index is 12.4. The van der Waals surface area contributed by atoms with Gasteiger partial charge < -0.3 is 16.0 Å². The van der Waals surface area contributed by atoms with Crippen molar-refractivity contribution in [3.05, 3.63) is 72.3 Å². The molecular formula is C20H17N3O2S. The molecule has 0 unspecified atom stereocenters. The summed E-state index contributed by atoms with van der Waals surface area (Å²) in [6.45, 7) is 1.39. The van der Waals surface area contributed by atoms with E-state index in [4.69, 9.17) is 12.2 Å². The van der Waals surface area contributed by atoms with Crippen LogP contribution in [-0.4, -0.2) is 16.9 Å². The lowest BCUT2D eigenvalue weighted by molar-refractivity contribution is -0.117. The molecule has 0 bridgehead atoms. The highest BCUT2D eigenvalue weighted by Gasteiger charge is 2.07. The Labute approximate surface area is 156 Å². The molecule has 0 saturated heterocycles. The van der Waals surface area contributed by atoms with Crippen LogP contribution in [0.25, 0.3) is 10.8 Å². The van der Waals surface area contributed by atoms with Crippen LogP contribution in [0.3, 0.4) is 0 Å². The number of hydrogen-bond donors (Lipinski definition) is 3. The van der Waals surface area contributed by atoms with E-state index in [2.05, 4.69) is 16.0 Å². The van der Waals surface area contributed by atoms with Gasteiger partial charge in [0.05, 0.1) is 0 Å². The summed E-state index contributed by atoms with van der Waals surface area (Å²) in [6.07, 6.45) is 0. The molecule has 26 heavy (non-hydrogen) atoms. The molecule has 6 heteroatoms. The Kier molecular flexibility index (Phi) is 5.24. The van der Waals surface area contributed by atoms with E-state index >= 15 is 0 Å². The second-order valence-electron chi connectivity index (χ2n) is 5.73. The number of benzene rings is 3. The minimum Gasteiger partial charge on any atom is -0.332 e. The first-order chi connectivity index (χ1) is 12.5. The fraction of sp³-hybridized carbons (Fsp3) is 0.0500. The largest absolute Gasteiger partial charge is 0.332 e. The van der Waals surface area contributed by atoms with Crippen molar-refractivity contribution in [1.82, 2.24) is 5.32 Å². The Morgan fingerprint density at radius 1 is 0.808 bits per heavy atom. The zero-order valence-corrected chi connectivity index (χ0v) is 14.9. The van der Waals surface area contributed by atoms with Crippen molar-refractivity contribution >= 4 is 51.3 Å².